The lowest BCUT2D eigenvalue weighted by molar-refractivity contribution is -0.125. The summed E-state index contributed by atoms with van der Waals surface area (Å²) in [6.07, 6.45) is -2.64. The van der Waals surface area contributed by atoms with E-state index in [1.807, 2.05) is 0 Å². The standard InChI is InChI=1S/C7H12F3N5/c8-7(9,10)5-12-3-6-4-15(2-1-11)14-13-6/h4,12H,1-3,5,11H2. The van der Waals surface area contributed by atoms with Gasteiger partial charge in [-0.15, -0.1) is 5.10 Å². The van der Waals surface area contributed by atoms with Gasteiger partial charge in [0.25, 0.3) is 0 Å². The van der Waals surface area contributed by atoms with Crippen molar-refractivity contribution in [2.45, 2.75) is 19.3 Å². The second-order valence-electron chi connectivity index (χ2n) is 2.98. The van der Waals surface area contributed by atoms with Crippen LogP contribution in [0.2, 0.25) is 0 Å². The lowest BCUT2D eigenvalue weighted by Crippen LogP contribution is -2.28. The van der Waals surface area contributed by atoms with E-state index in [9.17, 15) is 13.2 Å². The van der Waals surface area contributed by atoms with Crippen LogP contribution >= 0.6 is 0 Å². The Balaban J connectivity index is 2.31. The molecule has 1 heterocycles. The Kier molecular flexibility index (Phi) is 4.04. The van der Waals surface area contributed by atoms with Gasteiger partial charge in [0.05, 0.1) is 18.8 Å². The van der Waals surface area contributed by atoms with Gasteiger partial charge in [-0.2, -0.15) is 13.2 Å². The number of hydrogen-bond acceptors (Lipinski definition) is 4. The van der Waals surface area contributed by atoms with Gasteiger partial charge in [-0.25, -0.2) is 0 Å². The lowest BCUT2D eigenvalue weighted by Gasteiger charge is -2.05. The van der Waals surface area contributed by atoms with Gasteiger partial charge < -0.3 is 11.1 Å². The van der Waals surface area contributed by atoms with E-state index < -0.39 is 12.7 Å². The van der Waals surface area contributed by atoms with Crippen LogP contribution in [-0.2, 0) is 13.1 Å². The zero-order valence-electron chi connectivity index (χ0n) is 7.96. The van der Waals surface area contributed by atoms with Gasteiger partial charge in [0.2, 0.25) is 0 Å². The third-order valence-electron chi connectivity index (χ3n) is 1.58. The van der Waals surface area contributed by atoms with E-state index in [4.69, 9.17) is 5.73 Å². The first-order valence-corrected chi connectivity index (χ1v) is 4.38. The molecule has 0 spiro atoms. The van der Waals surface area contributed by atoms with Gasteiger partial charge in [-0.3, -0.25) is 4.68 Å². The van der Waals surface area contributed by atoms with E-state index in [1.165, 1.54) is 4.68 Å². The molecule has 0 aliphatic heterocycles. The Hall–Kier alpha value is -1.15. The van der Waals surface area contributed by atoms with Crippen LogP contribution in [0.5, 0.6) is 0 Å². The number of alkyl halides is 3. The average Bonchev–Trinajstić information content (AvgIpc) is 2.51. The summed E-state index contributed by atoms with van der Waals surface area (Å²) in [5, 5.41) is 9.59. The van der Waals surface area contributed by atoms with Gasteiger partial charge in [0, 0.05) is 19.3 Å². The number of nitrogens with one attached hydrogen (secondary N) is 1. The normalized spacial score (nSPS) is 12.0. The number of rotatable bonds is 5. The minimum Gasteiger partial charge on any atom is -0.329 e. The van der Waals surface area contributed by atoms with Crippen LogP contribution in [0.4, 0.5) is 13.2 Å². The molecule has 0 unspecified atom stereocenters. The average molecular weight is 223 g/mol. The van der Waals surface area contributed by atoms with Crippen molar-refractivity contribution in [3.63, 3.8) is 0 Å². The topological polar surface area (TPSA) is 68.8 Å². The molecule has 0 atom stereocenters. The molecule has 5 nitrogen and oxygen atoms in total. The number of hydrogen-bond donors (Lipinski definition) is 2. The smallest absolute Gasteiger partial charge is 0.329 e. The number of halogens is 3. The highest BCUT2D eigenvalue weighted by molar-refractivity contribution is 4.91. The molecule has 0 saturated carbocycles. The molecule has 1 aromatic rings. The third-order valence-corrected chi connectivity index (χ3v) is 1.58. The van der Waals surface area contributed by atoms with E-state index in [-0.39, 0.29) is 6.54 Å². The van der Waals surface area contributed by atoms with Crippen LogP contribution in [0, 0.1) is 0 Å². The Labute approximate surface area is 84.4 Å². The molecular formula is C7H12F3N5. The molecule has 1 aromatic heterocycles. The molecule has 15 heavy (non-hydrogen) atoms. The summed E-state index contributed by atoms with van der Waals surface area (Å²) in [7, 11) is 0. The number of nitrogens with two attached hydrogens (primary N) is 1. The number of aromatic nitrogens is 3. The maximum atomic E-state index is 11.8. The van der Waals surface area contributed by atoms with Crippen molar-refractivity contribution in [3.05, 3.63) is 11.9 Å². The summed E-state index contributed by atoms with van der Waals surface area (Å²) in [5.74, 6) is 0. The van der Waals surface area contributed by atoms with Crippen molar-refractivity contribution in [2.24, 2.45) is 5.73 Å². The van der Waals surface area contributed by atoms with Gasteiger partial charge in [0.1, 0.15) is 0 Å². The summed E-state index contributed by atoms with van der Waals surface area (Å²) in [6.45, 7) is -0.0636. The van der Waals surface area contributed by atoms with E-state index in [0.717, 1.165) is 0 Å². The molecule has 0 aliphatic rings. The molecule has 0 fully saturated rings. The van der Waals surface area contributed by atoms with E-state index in [2.05, 4.69) is 15.6 Å². The predicted octanol–water partition coefficient (Wildman–Crippen LogP) is -0.111. The quantitative estimate of drug-likeness (QED) is 0.730. The second-order valence-corrected chi connectivity index (χ2v) is 2.98. The zero-order valence-corrected chi connectivity index (χ0v) is 7.96. The molecule has 0 saturated heterocycles. The van der Waals surface area contributed by atoms with E-state index in [1.54, 1.807) is 6.20 Å². The first-order valence-electron chi connectivity index (χ1n) is 4.38. The van der Waals surface area contributed by atoms with Gasteiger partial charge in [0.15, 0.2) is 0 Å². The minimum atomic E-state index is -4.20. The predicted molar refractivity (Wildman–Crippen MR) is 46.8 cm³/mol. The molecule has 86 valence electrons. The second kappa shape index (κ2) is 5.08. The first-order chi connectivity index (χ1) is 7.01. The highest BCUT2D eigenvalue weighted by atomic mass is 19.4. The van der Waals surface area contributed by atoms with E-state index in [0.29, 0.717) is 18.8 Å². The van der Waals surface area contributed by atoms with Crippen molar-refractivity contribution in [1.82, 2.24) is 20.3 Å². The summed E-state index contributed by atoms with van der Waals surface area (Å²) in [4.78, 5) is 0. The van der Waals surface area contributed by atoms with Gasteiger partial charge in [-0.1, -0.05) is 5.21 Å². The first kappa shape index (κ1) is 11.9. The van der Waals surface area contributed by atoms with Gasteiger partial charge in [-0.05, 0) is 0 Å². The monoisotopic (exact) mass is 223 g/mol. The van der Waals surface area contributed by atoms with Crippen molar-refractivity contribution < 1.29 is 13.2 Å². The lowest BCUT2D eigenvalue weighted by atomic mass is 10.4. The summed E-state index contributed by atoms with van der Waals surface area (Å²) in [5.41, 5.74) is 5.74. The van der Waals surface area contributed by atoms with Crippen LogP contribution in [0.15, 0.2) is 6.20 Å². The summed E-state index contributed by atoms with van der Waals surface area (Å²) in [6, 6.07) is 0. The van der Waals surface area contributed by atoms with Crippen molar-refractivity contribution in [1.29, 1.82) is 0 Å². The molecule has 0 aromatic carbocycles. The highest BCUT2D eigenvalue weighted by Gasteiger charge is 2.26. The Bertz CT molecular complexity index is 295. The maximum Gasteiger partial charge on any atom is 0.401 e. The molecule has 0 bridgehead atoms. The Morgan fingerprint density at radius 1 is 1.47 bits per heavy atom. The van der Waals surface area contributed by atoms with Crippen molar-refractivity contribution in [2.75, 3.05) is 13.1 Å². The molecule has 0 amide bonds. The summed E-state index contributed by atoms with van der Waals surface area (Å²) < 4.78 is 36.8. The largest absolute Gasteiger partial charge is 0.401 e. The molecule has 3 N–H and O–H groups in total. The SMILES string of the molecule is NCCn1cc(CNCC(F)(F)F)nn1. The number of nitrogens with zero attached hydrogens (tertiary/aromatic N) is 3. The molecular weight excluding hydrogens is 211 g/mol. The Morgan fingerprint density at radius 2 is 2.20 bits per heavy atom. The van der Waals surface area contributed by atoms with Gasteiger partial charge >= 0.3 is 6.18 Å². The molecule has 1 rings (SSSR count). The van der Waals surface area contributed by atoms with Crippen LogP contribution < -0.4 is 11.1 Å². The minimum absolute atomic E-state index is 0.0457. The fourth-order valence-electron chi connectivity index (χ4n) is 0.993. The molecule has 8 heteroatoms. The molecule has 0 radical (unpaired) electrons. The maximum absolute atomic E-state index is 11.8. The highest BCUT2D eigenvalue weighted by Crippen LogP contribution is 2.12. The molecule has 0 aliphatic carbocycles. The summed E-state index contributed by atoms with van der Waals surface area (Å²) >= 11 is 0. The van der Waals surface area contributed by atoms with Crippen molar-refractivity contribution >= 4 is 0 Å². The van der Waals surface area contributed by atoms with Crippen molar-refractivity contribution in [3.8, 4) is 0 Å². The van der Waals surface area contributed by atoms with Crippen LogP contribution in [-0.4, -0.2) is 34.3 Å². The zero-order chi connectivity index (χ0) is 11.3. The van der Waals surface area contributed by atoms with Crippen LogP contribution in [0.1, 0.15) is 5.69 Å². The van der Waals surface area contributed by atoms with E-state index >= 15 is 0 Å². The third kappa shape index (κ3) is 4.75. The fourth-order valence-corrected chi connectivity index (χ4v) is 0.993. The Morgan fingerprint density at radius 3 is 2.80 bits per heavy atom. The van der Waals surface area contributed by atoms with Crippen LogP contribution in [0.3, 0.4) is 0 Å². The fraction of sp³-hybridized carbons (Fsp3) is 0.714. The van der Waals surface area contributed by atoms with Crippen LogP contribution in [0.25, 0.3) is 0 Å².